The second-order valence-electron chi connectivity index (χ2n) is 12.5. The van der Waals surface area contributed by atoms with Gasteiger partial charge in [0.15, 0.2) is 12.5 Å². The van der Waals surface area contributed by atoms with E-state index < -0.39 is 111 Å². The summed E-state index contributed by atoms with van der Waals surface area (Å²) in [5, 5.41) is 45.3. The molecule has 304 valence electrons. The number of fused-ring (bicyclic) bond motifs is 1. The quantitative estimate of drug-likeness (QED) is 0.0642. The van der Waals surface area contributed by atoms with Gasteiger partial charge in [0.2, 0.25) is 5.91 Å². The molecule has 0 saturated carbocycles. The SMILES string of the molecule is CC(=O)N[C@H]1[C@@H](OP(=O)(O)OP(=O)(O)OC[C@H]2O[C@@H](n3ccc(=O)[nH]c3=O)[C@H](O)[C@@H]2O)O[C@H](COS(=O)(=O)c2cccc3c(N(C)C)cccc23)[C@@H](O)[C@@H]1O. The summed E-state index contributed by atoms with van der Waals surface area (Å²) in [6.07, 6.45) is -14.2. The Hall–Kier alpha value is -3.42. The number of aromatic amines is 1. The summed E-state index contributed by atoms with van der Waals surface area (Å²) in [7, 11) is -12.6. The molecule has 0 aliphatic carbocycles. The zero-order valence-electron chi connectivity index (χ0n) is 28.9. The molecule has 55 heavy (non-hydrogen) atoms. The van der Waals surface area contributed by atoms with E-state index in [1.807, 2.05) is 4.98 Å². The summed E-state index contributed by atoms with van der Waals surface area (Å²) < 4.78 is 82.9. The van der Waals surface area contributed by atoms with Gasteiger partial charge in [0, 0.05) is 49.7 Å². The Kier molecular flexibility index (Phi) is 12.9. The van der Waals surface area contributed by atoms with Gasteiger partial charge in [0.25, 0.3) is 15.7 Å². The number of hydrogen-bond acceptors (Lipinski definition) is 18. The van der Waals surface area contributed by atoms with Gasteiger partial charge in [-0.05, 0) is 12.1 Å². The maximum Gasteiger partial charge on any atom is 0.483 e. The number of amides is 1. The Balaban J connectivity index is 1.27. The van der Waals surface area contributed by atoms with Crippen molar-refractivity contribution in [3.63, 3.8) is 0 Å². The van der Waals surface area contributed by atoms with Gasteiger partial charge in [-0.25, -0.2) is 13.9 Å². The van der Waals surface area contributed by atoms with Crippen molar-refractivity contribution in [2.75, 3.05) is 32.2 Å². The Morgan fingerprint density at radius 2 is 1.55 bits per heavy atom. The number of ether oxygens (including phenoxy) is 2. The molecule has 2 fully saturated rings. The van der Waals surface area contributed by atoms with Crippen LogP contribution in [0.4, 0.5) is 5.69 Å². The molecule has 5 rings (SSSR count). The third-order valence-corrected chi connectivity index (χ3v) is 12.3. The molecule has 8 N–H and O–H groups in total. The van der Waals surface area contributed by atoms with Gasteiger partial charge in [-0.3, -0.25) is 32.4 Å². The number of aliphatic hydroxyl groups excluding tert-OH is 4. The van der Waals surface area contributed by atoms with Gasteiger partial charge >= 0.3 is 21.3 Å². The number of phosphoric ester groups is 2. The minimum atomic E-state index is -5.84. The first-order chi connectivity index (χ1) is 25.6. The van der Waals surface area contributed by atoms with Crippen LogP contribution in [-0.4, -0.2) is 130 Å². The van der Waals surface area contributed by atoms with E-state index in [1.54, 1.807) is 43.3 Å². The van der Waals surface area contributed by atoms with Crippen LogP contribution < -0.4 is 21.5 Å². The van der Waals surface area contributed by atoms with Crippen LogP contribution in [0.1, 0.15) is 13.2 Å². The van der Waals surface area contributed by atoms with Gasteiger partial charge in [0.1, 0.15) is 47.6 Å². The van der Waals surface area contributed by atoms with Crippen LogP contribution in [0.3, 0.4) is 0 Å². The number of rotatable bonds is 14. The second kappa shape index (κ2) is 16.6. The molecule has 0 bridgehead atoms. The first-order valence-electron chi connectivity index (χ1n) is 16.0. The third-order valence-electron chi connectivity index (χ3n) is 8.38. The number of phosphoric acid groups is 2. The van der Waals surface area contributed by atoms with E-state index in [-0.39, 0.29) is 10.3 Å². The van der Waals surface area contributed by atoms with Gasteiger partial charge in [-0.15, -0.1) is 0 Å². The van der Waals surface area contributed by atoms with Crippen molar-refractivity contribution in [2.24, 2.45) is 0 Å². The highest BCUT2D eigenvalue weighted by Crippen LogP contribution is 2.61. The molecule has 2 unspecified atom stereocenters. The van der Waals surface area contributed by atoms with Crippen LogP contribution in [-0.2, 0) is 51.1 Å². The van der Waals surface area contributed by atoms with E-state index in [0.29, 0.717) is 15.6 Å². The van der Waals surface area contributed by atoms with Gasteiger partial charge in [-0.1, -0.05) is 24.3 Å². The van der Waals surface area contributed by atoms with Crippen molar-refractivity contribution >= 4 is 48.1 Å². The number of anilines is 1. The second-order valence-corrected chi connectivity index (χ2v) is 17.1. The largest absolute Gasteiger partial charge is 0.483 e. The van der Waals surface area contributed by atoms with E-state index in [2.05, 4.69) is 14.2 Å². The average Bonchev–Trinajstić information content (AvgIpc) is 3.37. The van der Waals surface area contributed by atoms with Crippen LogP contribution in [0.2, 0.25) is 0 Å². The van der Waals surface area contributed by atoms with Crippen molar-refractivity contribution in [2.45, 2.75) is 67.0 Å². The number of nitrogens with zero attached hydrogens (tertiary/aromatic N) is 2. The minimum absolute atomic E-state index is 0.263. The summed E-state index contributed by atoms with van der Waals surface area (Å²) in [4.78, 5) is 59.4. The zero-order valence-corrected chi connectivity index (χ0v) is 31.5. The summed E-state index contributed by atoms with van der Waals surface area (Å²) in [6.45, 7) is -1.15. The number of aliphatic hydroxyl groups is 4. The van der Waals surface area contributed by atoms with Gasteiger partial charge < -0.3 is 49.9 Å². The molecule has 3 heterocycles. The van der Waals surface area contributed by atoms with Gasteiger partial charge in [0.05, 0.1) is 13.2 Å². The van der Waals surface area contributed by atoms with E-state index in [0.717, 1.165) is 19.2 Å². The Bertz CT molecular complexity index is 2220. The molecule has 1 aromatic heterocycles. The number of aromatic nitrogens is 2. The fourth-order valence-electron chi connectivity index (χ4n) is 5.84. The molecule has 3 aromatic rings. The first kappa shape index (κ1) is 42.7. The highest BCUT2D eigenvalue weighted by atomic mass is 32.2. The van der Waals surface area contributed by atoms with Crippen molar-refractivity contribution < 1.29 is 79.6 Å². The summed E-state index contributed by atoms with van der Waals surface area (Å²) in [6, 6.07) is 8.43. The molecule has 1 amide bonds. The molecule has 2 aliphatic heterocycles. The van der Waals surface area contributed by atoms with E-state index >= 15 is 0 Å². The lowest BCUT2D eigenvalue weighted by molar-refractivity contribution is -0.246. The molecule has 2 aromatic carbocycles. The minimum Gasteiger partial charge on any atom is -0.388 e. The highest BCUT2D eigenvalue weighted by Gasteiger charge is 2.51. The van der Waals surface area contributed by atoms with Crippen LogP contribution in [0.15, 0.2) is 63.1 Å². The molecular formula is C29H38N4O19P2S. The molecule has 26 heteroatoms. The van der Waals surface area contributed by atoms with Crippen LogP contribution >= 0.6 is 15.6 Å². The molecule has 11 atom stereocenters. The number of H-pyrrole nitrogens is 1. The zero-order chi connectivity index (χ0) is 40.6. The summed E-state index contributed by atoms with van der Waals surface area (Å²) >= 11 is 0. The van der Waals surface area contributed by atoms with E-state index in [4.69, 9.17) is 18.2 Å². The molecule has 0 radical (unpaired) electrons. The predicted molar refractivity (Wildman–Crippen MR) is 185 cm³/mol. The van der Waals surface area contributed by atoms with E-state index in [9.17, 15) is 62.1 Å². The molecule has 2 aliphatic rings. The Labute approximate surface area is 310 Å². The average molecular weight is 841 g/mol. The van der Waals surface area contributed by atoms with Crippen molar-refractivity contribution in [3.8, 4) is 0 Å². The van der Waals surface area contributed by atoms with Crippen LogP contribution in [0.25, 0.3) is 10.8 Å². The van der Waals surface area contributed by atoms with Gasteiger partial charge in [-0.2, -0.15) is 12.7 Å². The maximum atomic E-state index is 13.4. The van der Waals surface area contributed by atoms with Crippen molar-refractivity contribution in [1.82, 2.24) is 14.9 Å². The Morgan fingerprint density at radius 1 is 0.909 bits per heavy atom. The number of nitrogens with one attached hydrogen (secondary N) is 2. The summed E-state index contributed by atoms with van der Waals surface area (Å²) in [5.74, 6) is -0.872. The normalized spacial score (nSPS) is 29.4. The molecular weight excluding hydrogens is 802 g/mol. The first-order valence-corrected chi connectivity index (χ1v) is 20.4. The van der Waals surface area contributed by atoms with Crippen molar-refractivity contribution in [3.05, 3.63) is 69.5 Å². The maximum absolute atomic E-state index is 13.4. The van der Waals surface area contributed by atoms with E-state index in [1.165, 1.54) is 12.1 Å². The molecule has 2 saturated heterocycles. The lowest BCUT2D eigenvalue weighted by Crippen LogP contribution is -2.64. The smallest absolute Gasteiger partial charge is 0.388 e. The highest BCUT2D eigenvalue weighted by molar-refractivity contribution is 7.87. The number of hydrogen-bond donors (Lipinski definition) is 8. The summed E-state index contributed by atoms with van der Waals surface area (Å²) in [5.41, 5.74) is -1.11. The molecule has 0 spiro atoms. The number of carbonyl (C=O) groups is 1. The Morgan fingerprint density at radius 3 is 2.20 bits per heavy atom. The lowest BCUT2D eigenvalue weighted by atomic mass is 9.97. The van der Waals surface area contributed by atoms with Crippen molar-refractivity contribution in [1.29, 1.82) is 0 Å². The third kappa shape index (κ3) is 9.76. The lowest BCUT2D eigenvalue weighted by Gasteiger charge is -2.42. The topological polar surface area (TPSA) is 332 Å². The van der Waals surface area contributed by atoms with Crippen LogP contribution in [0.5, 0.6) is 0 Å². The fraction of sp³-hybridized carbons (Fsp3) is 0.483. The molecule has 23 nitrogen and oxygen atoms in total. The number of benzene rings is 2. The van der Waals surface area contributed by atoms with Crippen LogP contribution in [0, 0.1) is 0 Å². The number of carbonyl (C=O) groups excluding carboxylic acids is 1. The standard InChI is InChI=1S/C29H38N4O19P2S/c1-14(34)30-22-25(38)23(36)19(13-48-55(45,46)20-9-5-6-15-16(20)7-4-8-17(15)32(2)3)50-28(22)51-54(43,44)52-53(41,42)47-12-18-24(37)26(39)27(49-18)33-11-10-21(35)31-29(33)40/h4-11,18-19,22-28,36-39H,12-13H2,1-3H3,(H,30,34)(H,41,42)(H,43,44)(H,31,35,40)/t18-,19-,22-,23-,24-,25-,26-,27-,28-/m1/s1. The predicted octanol–water partition coefficient (Wildman–Crippen LogP) is -2.02. The monoisotopic (exact) mass is 840 g/mol. The fourth-order valence-corrected chi connectivity index (χ4v) is 9.13.